The predicted molar refractivity (Wildman–Crippen MR) is 76.4 cm³/mol. The van der Waals surface area contributed by atoms with Crippen LogP contribution in [0.1, 0.15) is 39.7 Å². The molecule has 2 atom stereocenters. The van der Waals surface area contributed by atoms with Crippen LogP contribution in [0.25, 0.3) is 0 Å². The zero-order chi connectivity index (χ0) is 13.1. The first-order valence-electron chi connectivity index (χ1n) is 6.29. The maximum atomic E-state index is 6.21. The van der Waals surface area contributed by atoms with Crippen molar-refractivity contribution in [2.24, 2.45) is 17.1 Å². The van der Waals surface area contributed by atoms with E-state index in [-0.39, 0.29) is 6.04 Å². The first-order valence-corrected chi connectivity index (χ1v) is 6.67. The maximum Gasteiger partial charge on any atom is 0.0406 e. The first-order chi connectivity index (χ1) is 7.79. The molecule has 1 aromatic carbocycles. The van der Waals surface area contributed by atoms with Crippen molar-refractivity contribution in [1.29, 1.82) is 0 Å². The van der Waals surface area contributed by atoms with Crippen molar-refractivity contribution < 1.29 is 0 Å². The van der Waals surface area contributed by atoms with Crippen LogP contribution in [0.15, 0.2) is 24.3 Å². The molecule has 0 bridgehead atoms. The number of benzene rings is 1. The summed E-state index contributed by atoms with van der Waals surface area (Å²) in [5.74, 6) is 0.629. The SMILES string of the molecule is CC(CC(N)Cc1ccc(Cl)cc1)C(C)(C)C. The van der Waals surface area contributed by atoms with Gasteiger partial charge in [-0.2, -0.15) is 0 Å². The van der Waals surface area contributed by atoms with E-state index in [2.05, 4.69) is 39.8 Å². The molecule has 0 aliphatic heterocycles. The van der Waals surface area contributed by atoms with Gasteiger partial charge in [0.15, 0.2) is 0 Å². The molecule has 0 heterocycles. The summed E-state index contributed by atoms with van der Waals surface area (Å²) < 4.78 is 0. The molecule has 0 spiro atoms. The summed E-state index contributed by atoms with van der Waals surface area (Å²) in [7, 11) is 0. The van der Waals surface area contributed by atoms with E-state index in [1.54, 1.807) is 0 Å². The van der Waals surface area contributed by atoms with Gasteiger partial charge in [-0.1, -0.05) is 51.4 Å². The van der Waals surface area contributed by atoms with Crippen molar-refractivity contribution >= 4 is 11.6 Å². The predicted octanol–water partition coefficient (Wildman–Crippen LogP) is 4.28. The van der Waals surface area contributed by atoms with E-state index in [0.717, 1.165) is 17.9 Å². The molecule has 1 nitrogen and oxygen atoms in total. The third-order valence-electron chi connectivity index (χ3n) is 3.55. The van der Waals surface area contributed by atoms with Gasteiger partial charge in [0.1, 0.15) is 0 Å². The van der Waals surface area contributed by atoms with Crippen LogP contribution in [0.5, 0.6) is 0 Å². The standard InChI is InChI=1S/C15H24ClN/c1-11(15(2,3)4)9-14(17)10-12-5-7-13(16)8-6-12/h5-8,11,14H,9-10,17H2,1-4H3. The zero-order valence-corrected chi connectivity index (χ0v) is 12.1. The van der Waals surface area contributed by atoms with Gasteiger partial charge in [-0.25, -0.2) is 0 Å². The summed E-state index contributed by atoms with van der Waals surface area (Å²) in [5.41, 5.74) is 7.81. The topological polar surface area (TPSA) is 26.0 Å². The Bertz CT molecular complexity index is 337. The Kier molecular flexibility index (Phi) is 5.03. The van der Waals surface area contributed by atoms with E-state index in [4.69, 9.17) is 17.3 Å². The van der Waals surface area contributed by atoms with Gasteiger partial charge in [0.05, 0.1) is 0 Å². The van der Waals surface area contributed by atoms with Gasteiger partial charge in [-0.3, -0.25) is 0 Å². The average Bonchev–Trinajstić information content (AvgIpc) is 2.20. The lowest BCUT2D eigenvalue weighted by Gasteiger charge is -2.29. The van der Waals surface area contributed by atoms with Crippen LogP contribution in [-0.2, 0) is 6.42 Å². The summed E-state index contributed by atoms with van der Waals surface area (Å²) in [6.07, 6.45) is 1.99. The quantitative estimate of drug-likeness (QED) is 0.852. The van der Waals surface area contributed by atoms with Crippen molar-refractivity contribution in [3.63, 3.8) is 0 Å². The molecule has 0 saturated carbocycles. The van der Waals surface area contributed by atoms with Crippen molar-refractivity contribution in [1.82, 2.24) is 0 Å². The largest absolute Gasteiger partial charge is 0.327 e. The molecular weight excluding hydrogens is 230 g/mol. The van der Waals surface area contributed by atoms with Gasteiger partial charge in [0.25, 0.3) is 0 Å². The molecule has 0 aromatic heterocycles. The van der Waals surface area contributed by atoms with Gasteiger partial charge in [-0.15, -0.1) is 0 Å². The number of hydrogen-bond acceptors (Lipinski definition) is 1. The Balaban J connectivity index is 2.50. The Labute approximate surface area is 110 Å². The van der Waals surface area contributed by atoms with Crippen LogP contribution >= 0.6 is 11.6 Å². The molecule has 2 heteroatoms. The van der Waals surface area contributed by atoms with Crippen LogP contribution < -0.4 is 5.73 Å². The molecule has 2 N–H and O–H groups in total. The molecule has 0 radical (unpaired) electrons. The lowest BCUT2D eigenvalue weighted by Crippen LogP contribution is -2.30. The van der Waals surface area contributed by atoms with E-state index in [9.17, 15) is 0 Å². The highest BCUT2D eigenvalue weighted by Crippen LogP contribution is 2.29. The minimum Gasteiger partial charge on any atom is -0.327 e. The minimum absolute atomic E-state index is 0.227. The second kappa shape index (κ2) is 5.88. The molecule has 1 rings (SSSR count). The smallest absolute Gasteiger partial charge is 0.0406 e. The van der Waals surface area contributed by atoms with Gasteiger partial charge in [-0.05, 0) is 41.9 Å². The van der Waals surface area contributed by atoms with Crippen molar-refractivity contribution in [2.75, 3.05) is 0 Å². The summed E-state index contributed by atoms with van der Waals surface area (Å²) in [5, 5.41) is 0.783. The highest BCUT2D eigenvalue weighted by molar-refractivity contribution is 6.30. The summed E-state index contributed by atoms with van der Waals surface area (Å²) in [6, 6.07) is 8.20. The normalized spacial score (nSPS) is 15.6. The molecule has 0 fully saturated rings. The van der Waals surface area contributed by atoms with Gasteiger partial charge in [0, 0.05) is 11.1 Å². The lowest BCUT2D eigenvalue weighted by molar-refractivity contribution is 0.233. The number of nitrogens with two attached hydrogens (primary N) is 1. The van der Waals surface area contributed by atoms with Crippen molar-refractivity contribution in [3.8, 4) is 0 Å². The zero-order valence-electron chi connectivity index (χ0n) is 11.3. The van der Waals surface area contributed by atoms with Crippen LogP contribution in [-0.4, -0.2) is 6.04 Å². The minimum atomic E-state index is 0.227. The van der Waals surface area contributed by atoms with Gasteiger partial charge < -0.3 is 5.73 Å². The third-order valence-corrected chi connectivity index (χ3v) is 3.80. The average molecular weight is 254 g/mol. The molecule has 17 heavy (non-hydrogen) atoms. The molecule has 0 aliphatic rings. The second-order valence-electron chi connectivity index (χ2n) is 6.09. The highest BCUT2D eigenvalue weighted by Gasteiger charge is 2.22. The Morgan fingerprint density at radius 3 is 2.18 bits per heavy atom. The second-order valence-corrected chi connectivity index (χ2v) is 6.53. The molecule has 0 saturated heterocycles. The fraction of sp³-hybridized carbons (Fsp3) is 0.600. The van der Waals surface area contributed by atoms with Crippen LogP contribution in [0, 0.1) is 11.3 Å². The third kappa shape index (κ3) is 5.10. The van der Waals surface area contributed by atoms with E-state index < -0.39 is 0 Å². The Morgan fingerprint density at radius 1 is 1.18 bits per heavy atom. The van der Waals surface area contributed by atoms with Gasteiger partial charge in [0.2, 0.25) is 0 Å². The van der Waals surface area contributed by atoms with Crippen LogP contribution in [0.2, 0.25) is 5.02 Å². The fourth-order valence-corrected chi connectivity index (χ4v) is 1.94. The van der Waals surface area contributed by atoms with E-state index >= 15 is 0 Å². The van der Waals surface area contributed by atoms with Crippen LogP contribution in [0.4, 0.5) is 0 Å². The number of rotatable bonds is 4. The first kappa shape index (κ1) is 14.5. The summed E-state index contributed by atoms with van der Waals surface area (Å²) >= 11 is 5.86. The molecule has 96 valence electrons. The summed E-state index contributed by atoms with van der Waals surface area (Å²) in [6.45, 7) is 9.09. The monoisotopic (exact) mass is 253 g/mol. The molecule has 0 aliphatic carbocycles. The van der Waals surface area contributed by atoms with Crippen LogP contribution in [0.3, 0.4) is 0 Å². The van der Waals surface area contributed by atoms with Crippen molar-refractivity contribution in [3.05, 3.63) is 34.9 Å². The Morgan fingerprint density at radius 2 is 1.71 bits per heavy atom. The molecular formula is C15H24ClN. The summed E-state index contributed by atoms with van der Waals surface area (Å²) in [4.78, 5) is 0. The number of hydrogen-bond donors (Lipinski definition) is 1. The van der Waals surface area contributed by atoms with E-state index in [1.165, 1.54) is 5.56 Å². The lowest BCUT2D eigenvalue weighted by atomic mass is 9.78. The molecule has 2 unspecified atom stereocenters. The van der Waals surface area contributed by atoms with Gasteiger partial charge >= 0.3 is 0 Å². The number of halogens is 1. The fourth-order valence-electron chi connectivity index (χ4n) is 1.81. The van der Waals surface area contributed by atoms with E-state index in [0.29, 0.717) is 11.3 Å². The maximum absolute atomic E-state index is 6.21. The highest BCUT2D eigenvalue weighted by atomic mass is 35.5. The van der Waals surface area contributed by atoms with E-state index in [1.807, 2.05) is 12.1 Å². The Hall–Kier alpha value is -0.530. The molecule has 1 aromatic rings. The van der Waals surface area contributed by atoms with Crippen molar-refractivity contribution in [2.45, 2.75) is 46.6 Å². The molecule has 0 amide bonds.